The molecule has 1 heterocycles. The highest BCUT2D eigenvalue weighted by Crippen LogP contribution is 2.26. The molecule has 0 aliphatic carbocycles. The van der Waals surface area contributed by atoms with Gasteiger partial charge >= 0.3 is 5.97 Å². The molecule has 174 valence electrons. The summed E-state index contributed by atoms with van der Waals surface area (Å²) in [4.78, 5) is 12.9. The first kappa shape index (κ1) is 23.5. The van der Waals surface area contributed by atoms with Gasteiger partial charge in [-0.3, -0.25) is 4.72 Å². The number of halogens is 1. The lowest BCUT2D eigenvalue weighted by molar-refractivity contribution is 0.0281. The Morgan fingerprint density at radius 3 is 2.50 bits per heavy atom. The van der Waals surface area contributed by atoms with E-state index in [0.29, 0.717) is 10.9 Å². The third-order valence-electron chi connectivity index (χ3n) is 4.85. The highest BCUT2D eigenvalue weighted by molar-refractivity contribution is 7.92. The molecule has 0 aliphatic heterocycles. The van der Waals surface area contributed by atoms with Gasteiger partial charge in [-0.15, -0.1) is 10.2 Å². The van der Waals surface area contributed by atoms with Crippen molar-refractivity contribution >= 4 is 33.3 Å². The molecule has 8 nitrogen and oxygen atoms in total. The number of nitrogens with one attached hydrogen (secondary N) is 1. The maximum Gasteiger partial charge on any atom is 0.341 e. The van der Waals surface area contributed by atoms with Gasteiger partial charge in [0.25, 0.3) is 15.9 Å². The Hall–Kier alpha value is -3.69. The molecule has 0 amide bonds. The molecule has 0 aliphatic rings. The van der Waals surface area contributed by atoms with Crippen molar-refractivity contribution < 1.29 is 22.4 Å². The van der Waals surface area contributed by atoms with Crippen LogP contribution in [0.1, 0.15) is 34.8 Å². The Labute approximate surface area is 201 Å². The second kappa shape index (κ2) is 9.66. The number of anilines is 1. The van der Waals surface area contributed by atoms with Crippen molar-refractivity contribution in [3.05, 3.63) is 94.8 Å². The van der Waals surface area contributed by atoms with Crippen LogP contribution in [0.4, 0.5) is 5.69 Å². The van der Waals surface area contributed by atoms with Crippen molar-refractivity contribution in [1.82, 2.24) is 10.2 Å². The summed E-state index contributed by atoms with van der Waals surface area (Å²) in [5.74, 6) is -0.334. The topological polar surface area (TPSA) is 111 Å². The van der Waals surface area contributed by atoms with E-state index in [2.05, 4.69) is 14.9 Å². The number of esters is 1. The predicted octanol–water partition coefficient (Wildman–Crippen LogP) is 5.42. The summed E-state index contributed by atoms with van der Waals surface area (Å²) in [5.41, 5.74) is 1.89. The summed E-state index contributed by atoms with van der Waals surface area (Å²) in [7, 11) is -3.95. The molecule has 1 atom stereocenters. The highest BCUT2D eigenvalue weighted by atomic mass is 35.5. The second-order valence-corrected chi connectivity index (χ2v) is 9.59. The summed E-state index contributed by atoms with van der Waals surface area (Å²) < 4.78 is 39.1. The second-order valence-electron chi connectivity index (χ2n) is 7.47. The molecule has 0 saturated carbocycles. The first-order valence-electron chi connectivity index (χ1n) is 10.2. The van der Waals surface area contributed by atoms with Gasteiger partial charge in [0.05, 0.1) is 16.1 Å². The normalized spacial score (nSPS) is 12.2. The Morgan fingerprint density at radius 2 is 1.76 bits per heavy atom. The summed E-state index contributed by atoms with van der Waals surface area (Å²) in [5, 5.41) is 8.41. The van der Waals surface area contributed by atoms with Crippen molar-refractivity contribution in [3.63, 3.8) is 0 Å². The van der Waals surface area contributed by atoms with E-state index in [4.69, 9.17) is 20.8 Å². The summed E-state index contributed by atoms with van der Waals surface area (Å²) in [6.07, 6.45) is -0.862. The van der Waals surface area contributed by atoms with Gasteiger partial charge in [-0.1, -0.05) is 41.4 Å². The monoisotopic (exact) mass is 497 g/mol. The lowest BCUT2D eigenvalue weighted by atomic mass is 10.1. The minimum absolute atomic E-state index is 0.00276. The van der Waals surface area contributed by atoms with E-state index in [1.54, 1.807) is 19.1 Å². The summed E-state index contributed by atoms with van der Waals surface area (Å²) in [6.45, 7) is 3.54. The maximum absolute atomic E-state index is 12.9. The molecule has 1 N–H and O–H groups in total. The van der Waals surface area contributed by atoms with Crippen LogP contribution in [0.25, 0.3) is 11.5 Å². The number of benzene rings is 3. The zero-order valence-electron chi connectivity index (χ0n) is 18.2. The van der Waals surface area contributed by atoms with Crippen LogP contribution in [0, 0.1) is 6.92 Å². The van der Waals surface area contributed by atoms with Gasteiger partial charge in [0.15, 0.2) is 6.10 Å². The van der Waals surface area contributed by atoms with Gasteiger partial charge < -0.3 is 9.15 Å². The van der Waals surface area contributed by atoms with E-state index >= 15 is 0 Å². The fourth-order valence-corrected chi connectivity index (χ4v) is 4.34. The third-order valence-corrected chi connectivity index (χ3v) is 6.49. The number of ether oxygens (including phenoxy) is 1. The largest absolute Gasteiger partial charge is 0.449 e. The van der Waals surface area contributed by atoms with Crippen LogP contribution in [0.5, 0.6) is 0 Å². The van der Waals surface area contributed by atoms with E-state index in [9.17, 15) is 13.2 Å². The van der Waals surface area contributed by atoms with E-state index in [1.165, 1.54) is 36.4 Å². The molecule has 1 aromatic heterocycles. The third kappa shape index (κ3) is 5.27. The Bertz CT molecular complexity index is 1440. The average molecular weight is 498 g/mol. The van der Waals surface area contributed by atoms with Gasteiger partial charge in [0.2, 0.25) is 5.89 Å². The molecule has 0 radical (unpaired) electrons. The van der Waals surface area contributed by atoms with Crippen molar-refractivity contribution in [2.24, 2.45) is 0 Å². The minimum atomic E-state index is -3.95. The summed E-state index contributed by atoms with van der Waals surface area (Å²) in [6, 6.07) is 19.4. The van der Waals surface area contributed by atoms with E-state index in [-0.39, 0.29) is 22.0 Å². The minimum Gasteiger partial charge on any atom is -0.449 e. The Balaban J connectivity index is 1.51. The number of carbonyl (C=O) groups excluding carboxylic acids is 1. The predicted molar refractivity (Wildman–Crippen MR) is 127 cm³/mol. The number of para-hydroxylation sites is 1. The van der Waals surface area contributed by atoms with Crippen LogP contribution in [-0.2, 0) is 14.8 Å². The van der Waals surface area contributed by atoms with E-state index in [1.807, 2.05) is 31.2 Å². The van der Waals surface area contributed by atoms with Crippen LogP contribution < -0.4 is 4.72 Å². The van der Waals surface area contributed by atoms with Crippen molar-refractivity contribution in [3.8, 4) is 11.5 Å². The van der Waals surface area contributed by atoms with Crippen LogP contribution in [0.3, 0.4) is 0 Å². The number of carbonyl (C=O) groups is 1. The molecule has 0 bridgehead atoms. The van der Waals surface area contributed by atoms with Gasteiger partial charge in [-0.05, 0) is 62.4 Å². The molecule has 3 aromatic carbocycles. The standard InChI is InChI=1S/C24H20ClN3O5S/c1-15-6-5-7-17(14-15)23-27-26-22(33-23)16(2)32-24(29)20-8-3-4-9-21(20)28-34(30,31)19-12-10-18(25)11-13-19/h3-14,16,28H,1-2H3. The highest BCUT2D eigenvalue weighted by Gasteiger charge is 2.23. The number of rotatable bonds is 7. The van der Waals surface area contributed by atoms with Gasteiger partial charge in [0, 0.05) is 10.6 Å². The number of aryl methyl sites for hydroxylation is 1. The maximum atomic E-state index is 12.9. The van der Waals surface area contributed by atoms with Crippen molar-refractivity contribution in [2.75, 3.05) is 4.72 Å². The fourth-order valence-electron chi connectivity index (χ4n) is 3.14. The number of hydrogen-bond donors (Lipinski definition) is 1. The average Bonchev–Trinajstić information content (AvgIpc) is 3.30. The fraction of sp³-hybridized carbons (Fsp3) is 0.125. The van der Waals surface area contributed by atoms with Gasteiger partial charge in [0.1, 0.15) is 0 Å². The molecular formula is C24H20ClN3O5S. The SMILES string of the molecule is Cc1cccc(-c2nnc(C(C)OC(=O)c3ccccc3NS(=O)(=O)c3ccc(Cl)cc3)o2)c1. The molecule has 0 saturated heterocycles. The molecule has 10 heteroatoms. The van der Waals surface area contributed by atoms with Crippen molar-refractivity contribution in [2.45, 2.75) is 24.8 Å². The molecule has 34 heavy (non-hydrogen) atoms. The molecule has 0 spiro atoms. The lowest BCUT2D eigenvalue weighted by Gasteiger charge is -2.14. The van der Waals surface area contributed by atoms with Gasteiger partial charge in [-0.2, -0.15) is 0 Å². The number of sulfonamides is 1. The quantitative estimate of drug-likeness (QED) is 0.339. The summed E-state index contributed by atoms with van der Waals surface area (Å²) >= 11 is 5.84. The van der Waals surface area contributed by atoms with Crippen LogP contribution in [-0.4, -0.2) is 24.6 Å². The molecule has 4 rings (SSSR count). The smallest absolute Gasteiger partial charge is 0.341 e. The van der Waals surface area contributed by atoms with Crippen molar-refractivity contribution in [1.29, 1.82) is 0 Å². The number of nitrogens with zero attached hydrogens (tertiary/aromatic N) is 2. The first-order valence-corrected chi connectivity index (χ1v) is 12.1. The zero-order valence-corrected chi connectivity index (χ0v) is 19.8. The molecule has 1 unspecified atom stereocenters. The Morgan fingerprint density at radius 1 is 1.03 bits per heavy atom. The lowest BCUT2D eigenvalue weighted by Crippen LogP contribution is -2.17. The molecule has 4 aromatic rings. The first-order chi connectivity index (χ1) is 16.2. The van der Waals surface area contributed by atoms with E-state index in [0.717, 1.165) is 11.1 Å². The number of aromatic nitrogens is 2. The van der Waals surface area contributed by atoms with Crippen LogP contribution in [0.2, 0.25) is 5.02 Å². The zero-order chi connectivity index (χ0) is 24.3. The Kier molecular flexibility index (Phi) is 6.67. The number of hydrogen-bond acceptors (Lipinski definition) is 7. The van der Waals surface area contributed by atoms with Gasteiger partial charge in [-0.25, -0.2) is 13.2 Å². The molecular weight excluding hydrogens is 478 g/mol. The van der Waals surface area contributed by atoms with Crippen LogP contribution in [0.15, 0.2) is 82.1 Å². The van der Waals surface area contributed by atoms with E-state index < -0.39 is 22.1 Å². The van der Waals surface area contributed by atoms with Crippen LogP contribution >= 0.6 is 11.6 Å². The molecule has 0 fully saturated rings.